The second-order valence-electron chi connectivity index (χ2n) is 11.5. The highest BCUT2D eigenvalue weighted by atomic mass is 32.2. The van der Waals surface area contributed by atoms with Crippen molar-refractivity contribution in [1.82, 2.24) is 5.16 Å². The predicted molar refractivity (Wildman–Crippen MR) is 142 cm³/mol. The maximum absolute atomic E-state index is 14.7. The number of hydrogen-bond donors (Lipinski definition) is 0. The number of hydrogen-bond acceptors (Lipinski definition) is 4. The van der Waals surface area contributed by atoms with Gasteiger partial charge in [0.05, 0.1) is 25.3 Å². The summed E-state index contributed by atoms with van der Waals surface area (Å²) in [6.45, 7) is 4.51. The second kappa shape index (κ2) is 10.4. The lowest BCUT2D eigenvalue weighted by Gasteiger charge is -2.52. The van der Waals surface area contributed by atoms with E-state index < -0.39 is 5.60 Å². The minimum absolute atomic E-state index is 0.0729. The topological polar surface area (TPSA) is 49.1 Å². The molecular formula is C31H38N2O2S. The Morgan fingerprint density at radius 2 is 1.61 bits per heavy atom. The number of fused-ring (bicyclic) bond motifs is 3. The maximum atomic E-state index is 14.7. The number of benzene rings is 2. The van der Waals surface area contributed by atoms with Crippen LogP contribution in [0, 0.1) is 17.8 Å². The molecule has 1 saturated carbocycles. The van der Waals surface area contributed by atoms with E-state index in [2.05, 4.69) is 35.5 Å². The molecule has 3 saturated heterocycles. The van der Waals surface area contributed by atoms with E-state index >= 15 is 0 Å². The summed E-state index contributed by atoms with van der Waals surface area (Å²) in [7, 11) is 0. The van der Waals surface area contributed by atoms with Crippen molar-refractivity contribution in [2.45, 2.75) is 62.0 Å². The molecule has 0 amide bonds. The van der Waals surface area contributed by atoms with Gasteiger partial charge < -0.3 is 14.1 Å². The van der Waals surface area contributed by atoms with Crippen molar-refractivity contribution < 1.29 is 14.1 Å². The summed E-state index contributed by atoms with van der Waals surface area (Å²) in [6.07, 6.45) is 8.06. The summed E-state index contributed by atoms with van der Waals surface area (Å²) in [5, 5.41) is 19.1. The molecule has 0 spiro atoms. The summed E-state index contributed by atoms with van der Waals surface area (Å²) in [5.74, 6) is 3.75. The first kappa shape index (κ1) is 24.3. The average Bonchev–Trinajstić information content (AvgIpc) is 3.42. The fraction of sp³-hybridized carbons (Fsp3) is 0.516. The first-order chi connectivity index (χ1) is 17.6. The molecule has 0 N–H and O–H groups in total. The average molecular weight is 503 g/mol. The third kappa shape index (κ3) is 4.78. The van der Waals surface area contributed by atoms with Gasteiger partial charge in [-0.1, -0.05) is 91.4 Å². The van der Waals surface area contributed by atoms with Crippen LogP contribution in [-0.4, -0.2) is 35.0 Å². The van der Waals surface area contributed by atoms with Gasteiger partial charge in [-0.25, -0.2) is 0 Å². The van der Waals surface area contributed by atoms with Crippen molar-refractivity contribution >= 4 is 11.8 Å². The Kier molecular flexibility index (Phi) is 6.98. The van der Waals surface area contributed by atoms with Gasteiger partial charge in [-0.3, -0.25) is 0 Å². The van der Waals surface area contributed by atoms with Crippen molar-refractivity contribution in [1.29, 1.82) is 0 Å². The van der Waals surface area contributed by atoms with E-state index in [1.54, 1.807) is 0 Å². The smallest absolute Gasteiger partial charge is 0.191 e. The fourth-order valence-corrected chi connectivity index (χ4v) is 8.38. The highest BCUT2D eigenvalue weighted by Gasteiger charge is 2.46. The fourth-order valence-electron chi connectivity index (χ4n) is 7.25. The Morgan fingerprint density at radius 3 is 2.33 bits per heavy atom. The van der Waals surface area contributed by atoms with Crippen LogP contribution >= 0.6 is 11.8 Å². The van der Waals surface area contributed by atoms with E-state index in [1.807, 2.05) is 48.2 Å². The van der Waals surface area contributed by atoms with Gasteiger partial charge in [-0.2, -0.15) is 0 Å². The largest absolute Gasteiger partial charge is 0.841 e. The third-order valence-corrected chi connectivity index (χ3v) is 10.5. The molecule has 4 heterocycles. The number of aromatic nitrogens is 1. The van der Waals surface area contributed by atoms with Crippen LogP contribution in [0.2, 0.25) is 0 Å². The third-order valence-electron chi connectivity index (χ3n) is 9.26. The summed E-state index contributed by atoms with van der Waals surface area (Å²) in [6, 6.07) is 22.8. The Morgan fingerprint density at radius 1 is 0.917 bits per heavy atom. The van der Waals surface area contributed by atoms with Crippen LogP contribution in [0.15, 0.2) is 76.1 Å². The molecule has 1 aromatic heterocycles. The molecule has 1 aliphatic carbocycles. The normalized spacial score (nSPS) is 28.1. The standard InChI is InChI=1S/C31H38N2O2S/c34-31(26-10-4-1-5-11-26,27-12-6-2-7-13-27)30-20-28(35-32-30)22-33-18-16-24(17-19-33)25(21-33)23-36-29-14-8-3-9-15-29/h1,3-5,8-11,14-15,20,24-25,27H,2,6-7,12-13,16-19,21-23H2/t24?,25?,31-,33?/m0/s1. The highest BCUT2D eigenvalue weighted by Crippen LogP contribution is 2.44. The lowest BCUT2D eigenvalue weighted by Crippen LogP contribution is -2.61. The van der Waals surface area contributed by atoms with Crippen LogP contribution in [-0.2, 0) is 12.1 Å². The maximum Gasteiger partial charge on any atom is 0.191 e. The molecule has 3 aromatic rings. The van der Waals surface area contributed by atoms with Gasteiger partial charge in [0, 0.05) is 35.5 Å². The van der Waals surface area contributed by atoms with Crippen molar-refractivity contribution in [3.63, 3.8) is 0 Å². The minimum atomic E-state index is -1.33. The van der Waals surface area contributed by atoms with Gasteiger partial charge in [0.25, 0.3) is 0 Å². The molecule has 1 unspecified atom stereocenters. The van der Waals surface area contributed by atoms with Crippen molar-refractivity contribution in [2.75, 3.05) is 25.4 Å². The Hall–Kier alpha value is -2.08. The van der Waals surface area contributed by atoms with Crippen LogP contribution < -0.4 is 5.11 Å². The molecule has 2 atom stereocenters. The molecule has 2 aromatic carbocycles. The van der Waals surface area contributed by atoms with Crippen molar-refractivity contribution in [2.24, 2.45) is 17.8 Å². The molecule has 4 fully saturated rings. The molecule has 190 valence electrons. The predicted octanol–water partition coefficient (Wildman–Crippen LogP) is 6.01. The van der Waals surface area contributed by atoms with E-state index in [1.165, 1.54) is 49.5 Å². The van der Waals surface area contributed by atoms with Gasteiger partial charge in [-0.15, -0.1) is 11.8 Å². The summed E-state index contributed by atoms with van der Waals surface area (Å²) in [5.41, 5.74) is 0.102. The van der Waals surface area contributed by atoms with Gasteiger partial charge in [0.15, 0.2) is 5.76 Å². The molecule has 36 heavy (non-hydrogen) atoms. The first-order valence-corrected chi connectivity index (χ1v) is 14.9. The summed E-state index contributed by atoms with van der Waals surface area (Å²) < 4.78 is 7.05. The quantitative estimate of drug-likeness (QED) is 0.280. The minimum Gasteiger partial charge on any atom is -0.841 e. The first-order valence-electron chi connectivity index (χ1n) is 13.9. The summed E-state index contributed by atoms with van der Waals surface area (Å²) in [4.78, 5) is 1.37. The van der Waals surface area contributed by atoms with Gasteiger partial charge >= 0.3 is 0 Å². The summed E-state index contributed by atoms with van der Waals surface area (Å²) >= 11 is 2.01. The Bertz CT molecular complexity index is 1120. The SMILES string of the molecule is [O-][C@](c1ccccc1)(c1cc(C[N+]23CCC(CC2)C(CSc2ccccc2)C3)on1)C1CCCCC1. The van der Waals surface area contributed by atoms with E-state index in [4.69, 9.17) is 4.52 Å². The molecule has 4 nitrogen and oxygen atoms in total. The lowest BCUT2D eigenvalue weighted by atomic mass is 9.71. The zero-order chi connectivity index (χ0) is 24.4. The van der Waals surface area contributed by atoms with E-state index in [0.29, 0.717) is 5.69 Å². The molecule has 0 radical (unpaired) electrons. The zero-order valence-electron chi connectivity index (χ0n) is 21.2. The monoisotopic (exact) mass is 502 g/mol. The molecule has 4 aliphatic rings. The number of piperidine rings is 3. The molecular weight excluding hydrogens is 464 g/mol. The molecule has 3 aliphatic heterocycles. The van der Waals surface area contributed by atoms with Crippen LogP contribution in [0.4, 0.5) is 0 Å². The van der Waals surface area contributed by atoms with Gasteiger partial charge in [-0.05, 0) is 29.6 Å². The van der Waals surface area contributed by atoms with Gasteiger partial charge in [0.1, 0.15) is 6.54 Å². The van der Waals surface area contributed by atoms with E-state index in [0.717, 1.165) is 59.9 Å². The number of rotatable bonds is 8. The number of quaternary nitrogens is 1. The lowest BCUT2D eigenvalue weighted by molar-refractivity contribution is -0.959. The van der Waals surface area contributed by atoms with Crippen molar-refractivity contribution in [3.8, 4) is 0 Å². The zero-order valence-corrected chi connectivity index (χ0v) is 22.0. The highest BCUT2D eigenvalue weighted by molar-refractivity contribution is 7.99. The Labute approximate surface area is 219 Å². The van der Waals surface area contributed by atoms with Crippen molar-refractivity contribution in [3.05, 3.63) is 83.7 Å². The second-order valence-corrected chi connectivity index (χ2v) is 12.6. The number of nitrogens with zero attached hydrogens (tertiary/aromatic N) is 2. The molecule has 7 rings (SSSR count). The van der Waals surface area contributed by atoms with Gasteiger partial charge in [0.2, 0.25) is 0 Å². The van der Waals surface area contributed by atoms with E-state index in [-0.39, 0.29) is 5.92 Å². The molecule has 2 bridgehead atoms. The Balaban J connectivity index is 1.20. The molecule has 5 heteroatoms. The van der Waals surface area contributed by atoms with Crippen LogP contribution in [0.25, 0.3) is 0 Å². The van der Waals surface area contributed by atoms with E-state index in [9.17, 15) is 5.11 Å². The number of thioether (sulfide) groups is 1. The van der Waals surface area contributed by atoms with Crippen LogP contribution in [0.5, 0.6) is 0 Å². The van der Waals surface area contributed by atoms with Crippen LogP contribution in [0.3, 0.4) is 0 Å². The van der Waals surface area contributed by atoms with Crippen LogP contribution in [0.1, 0.15) is 62.0 Å².